The Hall–Kier alpha value is -4.22. The van der Waals surface area contributed by atoms with Gasteiger partial charge in [0.15, 0.2) is 0 Å². The number of hydrogen-bond donors (Lipinski definition) is 2. The van der Waals surface area contributed by atoms with Crippen molar-refractivity contribution < 1.29 is 19.0 Å². The molecule has 6 rings (SSSR count). The number of fused-ring (bicyclic) bond motifs is 2. The molecule has 2 fully saturated rings. The van der Waals surface area contributed by atoms with Gasteiger partial charge in [-0.25, -0.2) is 4.79 Å². The first-order valence-electron chi connectivity index (χ1n) is 12.1. The number of carbonyl (C=O) groups excluding carboxylic acids is 1. The van der Waals surface area contributed by atoms with E-state index < -0.39 is 0 Å². The van der Waals surface area contributed by atoms with E-state index in [1.807, 2.05) is 85.7 Å². The van der Waals surface area contributed by atoms with Crippen LogP contribution >= 0.6 is 0 Å². The normalized spacial score (nSPS) is 22.5. The number of rotatable bonds is 6. The van der Waals surface area contributed by atoms with Gasteiger partial charge in [0, 0.05) is 31.2 Å². The lowest BCUT2D eigenvalue weighted by atomic mass is 10.1. The Morgan fingerprint density at radius 1 is 1.03 bits per heavy atom. The standard InChI is InChI=1S/C26H27N7O4/c1-32(2)17-9-6-10-18(13-17)37-26-29-30-31-33(26)22-15-36-23-21(14-35-24(22)23)28-25(34)27-20-12-5-8-16-7-3-4-11-19(16)20/h3-13,21-24H,14-15H2,1-2H3,(H2,27,28,34). The van der Waals surface area contributed by atoms with Crippen LogP contribution in [0.5, 0.6) is 11.8 Å². The summed E-state index contributed by atoms with van der Waals surface area (Å²) in [6.45, 7) is 0.648. The smallest absolute Gasteiger partial charge is 0.341 e. The minimum absolute atomic E-state index is 0.249. The van der Waals surface area contributed by atoms with Crippen molar-refractivity contribution in [3.63, 3.8) is 0 Å². The fourth-order valence-corrected chi connectivity index (χ4v) is 4.87. The summed E-state index contributed by atoms with van der Waals surface area (Å²) >= 11 is 0. The lowest BCUT2D eigenvalue weighted by Gasteiger charge is -2.19. The molecular weight excluding hydrogens is 474 g/mol. The van der Waals surface area contributed by atoms with E-state index in [0.717, 1.165) is 22.1 Å². The average Bonchev–Trinajstić information content (AvgIpc) is 3.62. The topological polar surface area (TPSA) is 116 Å². The first-order chi connectivity index (χ1) is 18.1. The van der Waals surface area contributed by atoms with Crippen molar-refractivity contribution in [2.24, 2.45) is 0 Å². The predicted octanol–water partition coefficient (Wildman–Crippen LogP) is 3.21. The maximum absolute atomic E-state index is 12.8. The van der Waals surface area contributed by atoms with Gasteiger partial charge in [-0.2, -0.15) is 4.68 Å². The fraction of sp³-hybridized carbons (Fsp3) is 0.308. The Labute approximate surface area is 213 Å². The minimum atomic E-state index is -0.336. The summed E-state index contributed by atoms with van der Waals surface area (Å²) in [7, 11) is 3.92. The molecule has 2 aliphatic heterocycles. The average molecular weight is 502 g/mol. The van der Waals surface area contributed by atoms with Gasteiger partial charge in [0.1, 0.15) is 24.0 Å². The molecule has 11 heteroatoms. The number of benzene rings is 3. The molecule has 2 N–H and O–H groups in total. The molecule has 0 saturated carbocycles. The molecule has 37 heavy (non-hydrogen) atoms. The van der Waals surface area contributed by atoms with Crippen LogP contribution in [0.3, 0.4) is 0 Å². The van der Waals surface area contributed by atoms with E-state index in [1.54, 1.807) is 4.68 Å². The number of hydrogen-bond acceptors (Lipinski definition) is 8. The zero-order valence-electron chi connectivity index (χ0n) is 20.4. The van der Waals surface area contributed by atoms with Crippen molar-refractivity contribution >= 4 is 28.2 Å². The molecule has 0 spiro atoms. The maximum Gasteiger partial charge on any atom is 0.341 e. The van der Waals surface area contributed by atoms with Crippen LogP contribution in [0.1, 0.15) is 6.04 Å². The van der Waals surface area contributed by atoms with Crippen LogP contribution in [0.25, 0.3) is 10.8 Å². The molecule has 3 heterocycles. The van der Waals surface area contributed by atoms with Crippen LogP contribution in [-0.2, 0) is 9.47 Å². The third kappa shape index (κ3) is 4.54. The Balaban J connectivity index is 1.12. The van der Waals surface area contributed by atoms with Crippen LogP contribution in [0.4, 0.5) is 16.2 Å². The highest BCUT2D eigenvalue weighted by Gasteiger charge is 2.50. The molecule has 0 radical (unpaired) electrons. The molecule has 2 saturated heterocycles. The van der Waals surface area contributed by atoms with E-state index in [1.165, 1.54) is 0 Å². The number of nitrogens with zero attached hydrogens (tertiary/aromatic N) is 5. The highest BCUT2D eigenvalue weighted by molar-refractivity contribution is 6.01. The van der Waals surface area contributed by atoms with Crippen molar-refractivity contribution in [1.82, 2.24) is 25.5 Å². The summed E-state index contributed by atoms with van der Waals surface area (Å²) in [5.41, 5.74) is 1.74. The number of urea groups is 1. The molecule has 4 unspecified atom stereocenters. The van der Waals surface area contributed by atoms with Gasteiger partial charge >= 0.3 is 12.0 Å². The molecule has 4 aromatic rings. The second-order valence-corrected chi connectivity index (χ2v) is 9.29. The lowest BCUT2D eigenvalue weighted by Crippen LogP contribution is -2.45. The van der Waals surface area contributed by atoms with E-state index in [0.29, 0.717) is 19.0 Å². The molecule has 2 aliphatic rings. The number of nitrogens with one attached hydrogen (secondary N) is 2. The molecule has 11 nitrogen and oxygen atoms in total. The van der Waals surface area contributed by atoms with Gasteiger partial charge in [-0.05, 0) is 34.0 Å². The second-order valence-electron chi connectivity index (χ2n) is 9.29. The molecule has 0 bridgehead atoms. The van der Waals surface area contributed by atoms with Gasteiger partial charge in [-0.1, -0.05) is 47.6 Å². The monoisotopic (exact) mass is 501 g/mol. The second kappa shape index (κ2) is 9.68. The van der Waals surface area contributed by atoms with Crippen molar-refractivity contribution in [2.75, 3.05) is 37.5 Å². The Bertz CT molecular complexity index is 1420. The van der Waals surface area contributed by atoms with Crippen LogP contribution in [0.15, 0.2) is 66.7 Å². The Kier molecular flexibility index (Phi) is 6.07. The van der Waals surface area contributed by atoms with E-state index in [2.05, 4.69) is 26.2 Å². The largest absolute Gasteiger partial charge is 0.423 e. The molecule has 190 valence electrons. The molecular formula is C26H27N7O4. The zero-order valence-corrected chi connectivity index (χ0v) is 20.4. The number of carbonyl (C=O) groups is 1. The fourth-order valence-electron chi connectivity index (χ4n) is 4.87. The number of amides is 2. The molecule has 4 atom stereocenters. The first kappa shape index (κ1) is 23.2. The molecule has 1 aromatic heterocycles. The number of aromatic nitrogens is 4. The highest BCUT2D eigenvalue weighted by Crippen LogP contribution is 2.36. The minimum Gasteiger partial charge on any atom is -0.423 e. The van der Waals surface area contributed by atoms with Crippen molar-refractivity contribution in [2.45, 2.75) is 24.3 Å². The van der Waals surface area contributed by atoms with Crippen LogP contribution in [0.2, 0.25) is 0 Å². The summed E-state index contributed by atoms with van der Waals surface area (Å²) < 4.78 is 19.7. The molecule has 0 aliphatic carbocycles. The van der Waals surface area contributed by atoms with Crippen LogP contribution < -0.4 is 20.3 Å². The van der Waals surface area contributed by atoms with Crippen LogP contribution in [0, 0.1) is 0 Å². The van der Waals surface area contributed by atoms with E-state index in [9.17, 15) is 4.79 Å². The Morgan fingerprint density at radius 3 is 2.73 bits per heavy atom. The van der Waals surface area contributed by atoms with Gasteiger partial charge in [-0.3, -0.25) is 0 Å². The van der Waals surface area contributed by atoms with Gasteiger partial charge in [0.2, 0.25) is 0 Å². The highest BCUT2D eigenvalue weighted by atomic mass is 16.6. The molecule has 2 amide bonds. The first-order valence-corrected chi connectivity index (χ1v) is 12.1. The quantitative estimate of drug-likeness (QED) is 0.414. The predicted molar refractivity (Wildman–Crippen MR) is 137 cm³/mol. The van der Waals surface area contributed by atoms with E-state index in [-0.39, 0.29) is 36.3 Å². The van der Waals surface area contributed by atoms with Gasteiger partial charge in [-0.15, -0.1) is 0 Å². The third-order valence-corrected chi connectivity index (χ3v) is 6.70. The van der Waals surface area contributed by atoms with Crippen molar-refractivity contribution in [1.29, 1.82) is 0 Å². The van der Waals surface area contributed by atoms with Crippen molar-refractivity contribution in [3.8, 4) is 11.8 Å². The number of ether oxygens (including phenoxy) is 3. The summed E-state index contributed by atoms with van der Waals surface area (Å²) in [5.74, 6) is 0.620. The van der Waals surface area contributed by atoms with E-state index >= 15 is 0 Å². The summed E-state index contributed by atoms with van der Waals surface area (Å²) in [5, 5.41) is 20.0. The Morgan fingerprint density at radius 2 is 1.84 bits per heavy atom. The third-order valence-electron chi connectivity index (χ3n) is 6.70. The van der Waals surface area contributed by atoms with Gasteiger partial charge in [0.05, 0.1) is 24.9 Å². The zero-order chi connectivity index (χ0) is 25.4. The summed E-state index contributed by atoms with van der Waals surface area (Å²) in [4.78, 5) is 14.8. The summed E-state index contributed by atoms with van der Waals surface area (Å²) in [6.07, 6.45) is -0.667. The van der Waals surface area contributed by atoms with Gasteiger partial charge in [0.25, 0.3) is 0 Å². The lowest BCUT2D eigenvalue weighted by molar-refractivity contribution is 0.0613. The number of anilines is 2. The van der Waals surface area contributed by atoms with E-state index in [4.69, 9.17) is 14.2 Å². The SMILES string of the molecule is CN(C)c1cccc(Oc2nnnn2C2COC3C(NC(=O)Nc4cccc5ccccc45)COC32)c1. The summed E-state index contributed by atoms with van der Waals surface area (Å²) in [6, 6.07) is 20.7. The maximum atomic E-state index is 12.8. The van der Waals surface area contributed by atoms with Crippen LogP contribution in [-0.4, -0.2) is 71.8 Å². The number of tetrazole rings is 1. The van der Waals surface area contributed by atoms with Gasteiger partial charge < -0.3 is 29.7 Å². The van der Waals surface area contributed by atoms with Crippen molar-refractivity contribution in [3.05, 3.63) is 66.7 Å². The molecule has 3 aromatic carbocycles.